The summed E-state index contributed by atoms with van der Waals surface area (Å²) in [5, 5.41) is 9.54. The average Bonchev–Trinajstić information content (AvgIpc) is 2.60. The molecule has 174 valence electrons. The SMILES string of the molecule is CCC(C)(C)C(=O)OC1C2CC3CC(C2)CC1(OCC(O)(C(F)(F)F)C(F)(F)F)C3. The van der Waals surface area contributed by atoms with Gasteiger partial charge in [0.05, 0.1) is 12.0 Å². The van der Waals surface area contributed by atoms with Crippen molar-refractivity contribution in [1.29, 1.82) is 0 Å². The summed E-state index contributed by atoms with van der Waals surface area (Å²) in [6.45, 7) is 3.16. The van der Waals surface area contributed by atoms with E-state index in [0.717, 1.165) is 6.42 Å². The van der Waals surface area contributed by atoms with Crippen LogP contribution in [0.25, 0.3) is 0 Å². The Morgan fingerprint density at radius 2 is 1.50 bits per heavy atom. The van der Waals surface area contributed by atoms with Gasteiger partial charge in [0, 0.05) is 0 Å². The van der Waals surface area contributed by atoms with Gasteiger partial charge < -0.3 is 14.6 Å². The van der Waals surface area contributed by atoms with Gasteiger partial charge in [0.1, 0.15) is 11.7 Å². The summed E-state index contributed by atoms with van der Waals surface area (Å²) >= 11 is 0. The van der Waals surface area contributed by atoms with Gasteiger partial charge in [-0.3, -0.25) is 4.79 Å². The Hall–Kier alpha value is -1.03. The molecule has 1 N–H and O–H groups in total. The number of hydrogen-bond acceptors (Lipinski definition) is 4. The van der Waals surface area contributed by atoms with Crippen molar-refractivity contribution in [2.45, 2.75) is 89.0 Å². The highest BCUT2D eigenvalue weighted by atomic mass is 19.4. The summed E-state index contributed by atoms with van der Waals surface area (Å²) in [4.78, 5) is 12.7. The van der Waals surface area contributed by atoms with E-state index < -0.39 is 47.6 Å². The molecule has 4 fully saturated rings. The minimum Gasteiger partial charge on any atom is -0.459 e. The van der Waals surface area contributed by atoms with Crippen LogP contribution in [0, 0.1) is 23.2 Å². The Kier molecular flexibility index (Phi) is 5.71. The van der Waals surface area contributed by atoms with Gasteiger partial charge in [0.15, 0.2) is 0 Å². The van der Waals surface area contributed by atoms with E-state index in [1.165, 1.54) is 0 Å². The molecule has 4 saturated carbocycles. The van der Waals surface area contributed by atoms with Crippen LogP contribution in [-0.4, -0.2) is 47.3 Å². The van der Waals surface area contributed by atoms with Crippen LogP contribution in [-0.2, 0) is 14.3 Å². The zero-order valence-electron chi connectivity index (χ0n) is 17.2. The molecule has 4 aliphatic carbocycles. The van der Waals surface area contributed by atoms with Crippen LogP contribution >= 0.6 is 0 Å². The number of carbonyl (C=O) groups is 1. The molecular formula is C20H28F6O4. The first-order valence-corrected chi connectivity index (χ1v) is 10.3. The summed E-state index contributed by atoms with van der Waals surface area (Å²) in [5.41, 5.74) is -7.27. The second-order valence-corrected chi connectivity index (χ2v) is 9.88. The van der Waals surface area contributed by atoms with E-state index in [-0.39, 0.29) is 30.6 Å². The molecule has 0 aliphatic heterocycles. The molecule has 3 unspecified atom stereocenters. The quantitative estimate of drug-likeness (QED) is 0.471. The third-order valence-corrected chi connectivity index (χ3v) is 7.33. The van der Waals surface area contributed by atoms with Crippen molar-refractivity contribution in [2.24, 2.45) is 23.2 Å². The molecule has 0 heterocycles. The summed E-state index contributed by atoms with van der Waals surface area (Å²) in [5.74, 6) is -0.520. The summed E-state index contributed by atoms with van der Waals surface area (Å²) in [7, 11) is 0. The lowest BCUT2D eigenvalue weighted by Crippen LogP contribution is -2.66. The number of esters is 1. The van der Waals surface area contributed by atoms with Gasteiger partial charge in [-0.2, -0.15) is 26.3 Å². The second-order valence-electron chi connectivity index (χ2n) is 9.88. The normalized spacial score (nSPS) is 34.3. The van der Waals surface area contributed by atoms with Gasteiger partial charge in [-0.15, -0.1) is 0 Å². The summed E-state index contributed by atoms with van der Waals surface area (Å²) in [6, 6.07) is 0. The molecule has 30 heavy (non-hydrogen) atoms. The predicted octanol–water partition coefficient (Wildman–Crippen LogP) is 4.79. The summed E-state index contributed by atoms with van der Waals surface area (Å²) in [6.07, 6.45) is -9.69. The molecule has 3 atom stereocenters. The molecule has 4 bridgehead atoms. The first-order chi connectivity index (χ1) is 13.5. The van der Waals surface area contributed by atoms with E-state index in [9.17, 15) is 36.2 Å². The second kappa shape index (κ2) is 7.25. The van der Waals surface area contributed by atoms with Gasteiger partial charge in [-0.25, -0.2) is 0 Å². The van der Waals surface area contributed by atoms with Crippen LogP contribution in [0.4, 0.5) is 26.3 Å². The summed E-state index contributed by atoms with van der Waals surface area (Å²) < 4.78 is 89.9. The van der Waals surface area contributed by atoms with Crippen LogP contribution in [0.1, 0.15) is 59.3 Å². The molecule has 0 aromatic heterocycles. The van der Waals surface area contributed by atoms with Gasteiger partial charge >= 0.3 is 18.3 Å². The van der Waals surface area contributed by atoms with Crippen LogP contribution < -0.4 is 0 Å². The van der Waals surface area contributed by atoms with E-state index in [1.54, 1.807) is 20.8 Å². The van der Waals surface area contributed by atoms with Gasteiger partial charge in [0.25, 0.3) is 5.60 Å². The van der Waals surface area contributed by atoms with E-state index in [4.69, 9.17) is 9.47 Å². The molecule has 0 amide bonds. The van der Waals surface area contributed by atoms with E-state index in [1.807, 2.05) is 0 Å². The zero-order chi connectivity index (χ0) is 22.8. The highest BCUT2D eigenvalue weighted by molar-refractivity contribution is 5.76. The van der Waals surface area contributed by atoms with Crippen molar-refractivity contribution in [3.05, 3.63) is 0 Å². The van der Waals surface area contributed by atoms with E-state index >= 15 is 0 Å². The minimum atomic E-state index is -5.95. The smallest absolute Gasteiger partial charge is 0.428 e. The maximum absolute atomic E-state index is 13.1. The van der Waals surface area contributed by atoms with E-state index in [0.29, 0.717) is 19.3 Å². The fourth-order valence-electron chi connectivity index (χ4n) is 5.31. The highest BCUT2D eigenvalue weighted by Crippen LogP contribution is 2.59. The molecule has 4 rings (SSSR count). The predicted molar refractivity (Wildman–Crippen MR) is 93.2 cm³/mol. The molecule has 4 nitrogen and oxygen atoms in total. The first-order valence-electron chi connectivity index (χ1n) is 10.3. The lowest BCUT2D eigenvalue weighted by atomic mass is 9.52. The van der Waals surface area contributed by atoms with Crippen molar-refractivity contribution in [3.63, 3.8) is 0 Å². The fourth-order valence-corrected chi connectivity index (χ4v) is 5.31. The van der Waals surface area contributed by atoms with Crippen LogP contribution in [0.3, 0.4) is 0 Å². The van der Waals surface area contributed by atoms with Crippen molar-refractivity contribution in [3.8, 4) is 0 Å². The topological polar surface area (TPSA) is 55.8 Å². The zero-order valence-corrected chi connectivity index (χ0v) is 17.2. The van der Waals surface area contributed by atoms with Gasteiger partial charge in [-0.1, -0.05) is 6.92 Å². The monoisotopic (exact) mass is 446 g/mol. The molecule has 0 saturated heterocycles. The fraction of sp³-hybridized carbons (Fsp3) is 0.950. The molecule has 0 radical (unpaired) electrons. The number of hydrogen-bond donors (Lipinski definition) is 1. The molecular weight excluding hydrogens is 418 g/mol. The third-order valence-electron chi connectivity index (χ3n) is 7.33. The number of carbonyl (C=O) groups excluding carboxylic acids is 1. The van der Waals surface area contributed by atoms with Crippen molar-refractivity contribution in [2.75, 3.05) is 6.61 Å². The van der Waals surface area contributed by atoms with Gasteiger partial charge in [-0.05, 0) is 70.1 Å². The lowest BCUT2D eigenvalue weighted by Gasteiger charge is -2.60. The van der Waals surface area contributed by atoms with E-state index in [2.05, 4.69) is 0 Å². The number of aliphatic hydroxyl groups is 1. The molecule has 10 heteroatoms. The Bertz CT molecular complexity index is 643. The number of halogens is 6. The standard InChI is InChI=1S/C20H28F6O4/c1-4-16(2,3)15(27)30-14-13-6-11-5-12(7-13)9-17(14,8-11)29-10-18(28,19(21,22)23)20(24,25)26/h11-14,28H,4-10H2,1-3H3. The molecule has 4 aliphatic rings. The Morgan fingerprint density at radius 1 is 1.00 bits per heavy atom. The largest absolute Gasteiger partial charge is 0.459 e. The molecule has 0 aromatic carbocycles. The van der Waals surface area contributed by atoms with Crippen molar-refractivity contribution >= 4 is 5.97 Å². The van der Waals surface area contributed by atoms with Crippen molar-refractivity contribution < 1.29 is 45.7 Å². The van der Waals surface area contributed by atoms with Gasteiger partial charge in [0.2, 0.25) is 0 Å². The Balaban J connectivity index is 1.88. The maximum atomic E-state index is 13.1. The Morgan fingerprint density at radius 3 is 1.93 bits per heavy atom. The number of alkyl halides is 6. The highest BCUT2D eigenvalue weighted by Gasteiger charge is 2.72. The van der Waals surface area contributed by atoms with Crippen molar-refractivity contribution in [1.82, 2.24) is 0 Å². The molecule has 0 spiro atoms. The maximum Gasteiger partial charge on any atom is 0.428 e. The Labute approximate surface area is 171 Å². The number of rotatable bonds is 6. The lowest BCUT2D eigenvalue weighted by molar-refractivity contribution is -0.388. The number of ether oxygens (including phenoxy) is 2. The van der Waals surface area contributed by atoms with Crippen LogP contribution in [0.2, 0.25) is 0 Å². The first kappa shape index (κ1) is 23.6. The average molecular weight is 446 g/mol. The third kappa shape index (κ3) is 3.82. The minimum absolute atomic E-state index is 0.0986. The van der Waals surface area contributed by atoms with Crippen LogP contribution in [0.15, 0.2) is 0 Å². The van der Waals surface area contributed by atoms with Crippen LogP contribution in [0.5, 0.6) is 0 Å². The molecule has 0 aromatic rings.